The predicted octanol–water partition coefficient (Wildman–Crippen LogP) is -0.367. The lowest BCUT2D eigenvalue weighted by Crippen LogP contribution is -2.38. The van der Waals surface area contributed by atoms with E-state index in [9.17, 15) is 14.7 Å². The molecular weight excluding hydrogens is 302 g/mol. The highest BCUT2D eigenvalue weighted by Crippen LogP contribution is 2.21. The largest absolute Gasteiger partial charge is 0.468 e. The lowest BCUT2D eigenvalue weighted by atomic mass is 10.0. The molecule has 0 spiro atoms. The van der Waals surface area contributed by atoms with Gasteiger partial charge in [-0.2, -0.15) is 5.10 Å². The Morgan fingerprint density at radius 3 is 3.10 bits per heavy atom. The van der Waals surface area contributed by atoms with Crippen LogP contribution in [0.2, 0.25) is 5.02 Å². The van der Waals surface area contributed by atoms with E-state index in [1.165, 1.54) is 13.3 Å². The number of methoxy groups -OCH3 is 1. The molecular formula is C12H16ClN3O5. The van der Waals surface area contributed by atoms with Gasteiger partial charge in [0.15, 0.2) is 0 Å². The zero-order chi connectivity index (χ0) is 15.5. The summed E-state index contributed by atoms with van der Waals surface area (Å²) in [6.45, 7) is 0.595. The summed E-state index contributed by atoms with van der Waals surface area (Å²) < 4.78 is 10.5. The van der Waals surface area contributed by atoms with Crippen molar-refractivity contribution in [3.63, 3.8) is 0 Å². The van der Waals surface area contributed by atoms with Crippen LogP contribution in [0.5, 0.6) is 0 Å². The van der Waals surface area contributed by atoms with Gasteiger partial charge in [0.05, 0.1) is 25.6 Å². The minimum absolute atomic E-state index is 0.101. The maximum absolute atomic E-state index is 12.0. The molecule has 1 aromatic heterocycles. The van der Waals surface area contributed by atoms with E-state index in [0.29, 0.717) is 18.7 Å². The minimum Gasteiger partial charge on any atom is -0.468 e. The number of rotatable bonds is 5. The Kier molecular flexibility index (Phi) is 4.81. The third-order valence-corrected chi connectivity index (χ3v) is 3.55. The number of esters is 1. The molecule has 2 rings (SSSR count). The van der Waals surface area contributed by atoms with Crippen LogP contribution in [-0.2, 0) is 20.8 Å². The van der Waals surface area contributed by atoms with Gasteiger partial charge in [-0.3, -0.25) is 9.59 Å². The number of aromatic nitrogens is 2. The molecule has 0 saturated carbocycles. The van der Waals surface area contributed by atoms with Crippen molar-refractivity contribution in [2.45, 2.75) is 18.6 Å². The average Bonchev–Trinajstić information content (AvgIpc) is 2.90. The second-order valence-corrected chi connectivity index (χ2v) is 5.17. The van der Waals surface area contributed by atoms with Crippen molar-refractivity contribution in [3.05, 3.63) is 21.6 Å². The Morgan fingerprint density at radius 2 is 2.48 bits per heavy atom. The number of hydrogen-bond acceptors (Lipinski definition) is 7. The Labute approximate surface area is 125 Å². The van der Waals surface area contributed by atoms with Gasteiger partial charge < -0.3 is 19.9 Å². The molecule has 2 N–H and O–H groups in total. The first-order valence-corrected chi connectivity index (χ1v) is 6.69. The number of nitrogens with zero attached hydrogens (tertiary/aromatic N) is 2. The van der Waals surface area contributed by atoms with Gasteiger partial charge in [0.1, 0.15) is 17.2 Å². The van der Waals surface area contributed by atoms with Crippen molar-refractivity contribution >= 4 is 23.3 Å². The summed E-state index contributed by atoms with van der Waals surface area (Å²) in [6, 6.07) is 0. The molecule has 0 bridgehead atoms. The van der Waals surface area contributed by atoms with Gasteiger partial charge >= 0.3 is 5.97 Å². The zero-order valence-electron chi connectivity index (χ0n) is 11.5. The van der Waals surface area contributed by atoms with E-state index in [1.54, 1.807) is 0 Å². The van der Waals surface area contributed by atoms with Gasteiger partial charge in [0.25, 0.3) is 5.56 Å². The van der Waals surface area contributed by atoms with Crippen molar-refractivity contribution in [2.24, 2.45) is 0 Å². The van der Waals surface area contributed by atoms with Gasteiger partial charge in [0.2, 0.25) is 0 Å². The molecule has 21 heavy (non-hydrogen) atoms. The van der Waals surface area contributed by atoms with Gasteiger partial charge in [-0.25, -0.2) is 4.68 Å². The highest BCUT2D eigenvalue weighted by molar-refractivity contribution is 6.32. The fraction of sp³-hybridized carbons (Fsp3) is 0.583. The molecule has 8 nitrogen and oxygen atoms in total. The number of anilines is 1. The number of nitrogens with one attached hydrogen (secondary N) is 1. The van der Waals surface area contributed by atoms with Gasteiger partial charge in [-0.05, 0) is 0 Å². The van der Waals surface area contributed by atoms with Gasteiger partial charge in [0, 0.05) is 19.6 Å². The molecule has 1 saturated heterocycles. The molecule has 1 aliphatic heterocycles. The summed E-state index contributed by atoms with van der Waals surface area (Å²) in [5, 5.41) is 16.7. The monoisotopic (exact) mass is 317 g/mol. The summed E-state index contributed by atoms with van der Waals surface area (Å²) in [4.78, 5) is 23.1. The number of aliphatic hydroxyl groups is 1. The van der Waals surface area contributed by atoms with Crippen LogP contribution < -0.4 is 10.9 Å². The van der Waals surface area contributed by atoms with Gasteiger partial charge in [-0.1, -0.05) is 11.6 Å². The Bertz CT molecular complexity index is 583. The highest BCUT2D eigenvalue weighted by atomic mass is 35.5. The molecule has 1 atom stereocenters. The average molecular weight is 318 g/mol. The lowest BCUT2D eigenvalue weighted by molar-refractivity contribution is -0.141. The first-order chi connectivity index (χ1) is 9.95. The lowest BCUT2D eigenvalue weighted by Gasteiger charge is -2.21. The Hall–Kier alpha value is -1.64. The van der Waals surface area contributed by atoms with Gasteiger partial charge in [-0.15, -0.1) is 0 Å². The normalized spacial score (nSPS) is 21.3. The van der Waals surface area contributed by atoms with Crippen molar-refractivity contribution in [1.82, 2.24) is 9.78 Å². The van der Waals surface area contributed by atoms with Crippen LogP contribution in [0.25, 0.3) is 0 Å². The standard InChI is InChI=1S/C12H16ClN3O5/c1-20-9(17)5-16-11(18)10(13)8(4-15-16)14-6-12(19)2-3-21-7-12/h4,14,19H,2-3,5-7H2,1H3. The van der Waals surface area contributed by atoms with Crippen LogP contribution in [0.4, 0.5) is 5.69 Å². The van der Waals surface area contributed by atoms with E-state index in [4.69, 9.17) is 16.3 Å². The van der Waals surface area contributed by atoms with E-state index in [1.807, 2.05) is 0 Å². The van der Waals surface area contributed by atoms with Crippen molar-refractivity contribution in [1.29, 1.82) is 0 Å². The van der Waals surface area contributed by atoms with E-state index < -0.39 is 17.1 Å². The maximum Gasteiger partial charge on any atom is 0.327 e. The van der Waals surface area contributed by atoms with Crippen LogP contribution in [0, 0.1) is 0 Å². The fourth-order valence-electron chi connectivity index (χ4n) is 1.88. The molecule has 0 aliphatic carbocycles. The van der Waals surface area contributed by atoms with Crippen molar-refractivity contribution in [3.8, 4) is 0 Å². The van der Waals surface area contributed by atoms with Crippen LogP contribution in [0.1, 0.15) is 6.42 Å². The molecule has 1 unspecified atom stereocenters. The zero-order valence-corrected chi connectivity index (χ0v) is 12.2. The number of halogens is 1. The van der Waals surface area contributed by atoms with Crippen LogP contribution in [0.3, 0.4) is 0 Å². The minimum atomic E-state index is -0.982. The van der Waals surface area contributed by atoms with Crippen molar-refractivity contribution in [2.75, 3.05) is 32.2 Å². The summed E-state index contributed by atoms with van der Waals surface area (Å²) >= 11 is 5.96. The molecule has 116 valence electrons. The first-order valence-electron chi connectivity index (χ1n) is 6.32. The third-order valence-electron chi connectivity index (χ3n) is 3.18. The number of hydrogen-bond donors (Lipinski definition) is 2. The summed E-state index contributed by atoms with van der Waals surface area (Å²) in [6.07, 6.45) is 1.83. The molecule has 9 heteroatoms. The number of ether oxygens (including phenoxy) is 2. The Balaban J connectivity index is 2.09. The maximum atomic E-state index is 12.0. The quantitative estimate of drug-likeness (QED) is 0.714. The molecule has 0 aromatic carbocycles. The van der Waals surface area contributed by atoms with E-state index in [0.717, 1.165) is 4.68 Å². The molecule has 0 amide bonds. The predicted molar refractivity (Wildman–Crippen MR) is 74.4 cm³/mol. The summed E-state index contributed by atoms with van der Waals surface area (Å²) in [7, 11) is 1.22. The number of carbonyl (C=O) groups excluding carboxylic acids is 1. The smallest absolute Gasteiger partial charge is 0.327 e. The Morgan fingerprint density at radius 1 is 1.71 bits per heavy atom. The van der Waals surface area contributed by atoms with E-state index in [2.05, 4.69) is 15.2 Å². The second-order valence-electron chi connectivity index (χ2n) is 4.79. The van der Waals surface area contributed by atoms with E-state index >= 15 is 0 Å². The number of carbonyl (C=O) groups is 1. The van der Waals surface area contributed by atoms with Crippen LogP contribution >= 0.6 is 11.6 Å². The summed E-state index contributed by atoms with van der Waals surface area (Å²) in [5.74, 6) is -0.598. The molecule has 1 fully saturated rings. The molecule has 0 radical (unpaired) electrons. The fourth-order valence-corrected chi connectivity index (χ4v) is 2.10. The molecule has 2 heterocycles. The second kappa shape index (κ2) is 6.42. The van der Waals surface area contributed by atoms with E-state index in [-0.39, 0.29) is 24.7 Å². The van der Waals surface area contributed by atoms with Crippen molar-refractivity contribution < 1.29 is 19.4 Å². The first kappa shape index (κ1) is 15.7. The SMILES string of the molecule is COC(=O)Cn1ncc(NCC2(O)CCOC2)c(Cl)c1=O. The topological polar surface area (TPSA) is 103 Å². The van der Waals surface area contributed by atoms with Crippen LogP contribution in [0.15, 0.2) is 11.0 Å². The molecule has 1 aromatic rings. The molecule has 1 aliphatic rings. The van der Waals surface area contributed by atoms with Crippen LogP contribution in [-0.4, -0.2) is 53.3 Å². The summed E-state index contributed by atoms with van der Waals surface area (Å²) in [5.41, 5.74) is -1.30. The third kappa shape index (κ3) is 3.72. The highest BCUT2D eigenvalue weighted by Gasteiger charge is 2.32.